The molecule has 0 saturated carbocycles. The lowest BCUT2D eigenvalue weighted by atomic mass is 10.1. The number of nitrogens with two attached hydrogens (primary N) is 1. The smallest absolute Gasteiger partial charge is 0.253 e. The molecular formula is C14H18N2O. The number of benzene rings is 1. The van der Waals surface area contributed by atoms with Crippen LogP contribution in [0.15, 0.2) is 18.2 Å². The molecular weight excluding hydrogens is 212 g/mol. The first-order valence-electron chi connectivity index (χ1n) is 6.41. The highest BCUT2D eigenvalue weighted by Crippen LogP contribution is 2.24. The van der Waals surface area contributed by atoms with Crippen LogP contribution in [0, 0.1) is 0 Å². The average molecular weight is 230 g/mol. The minimum atomic E-state index is 0.146. The first kappa shape index (κ1) is 10.8. The summed E-state index contributed by atoms with van der Waals surface area (Å²) in [5.74, 6) is 0.146. The topological polar surface area (TPSA) is 46.3 Å². The first-order valence-corrected chi connectivity index (χ1v) is 6.41. The van der Waals surface area contributed by atoms with Crippen LogP contribution in [-0.4, -0.2) is 29.9 Å². The molecule has 0 radical (unpaired) electrons. The van der Waals surface area contributed by atoms with Gasteiger partial charge in [-0.05, 0) is 48.9 Å². The van der Waals surface area contributed by atoms with E-state index in [1.807, 2.05) is 11.0 Å². The number of nitrogens with zero attached hydrogens (tertiary/aromatic N) is 1. The predicted molar refractivity (Wildman–Crippen MR) is 67.0 cm³/mol. The number of likely N-dealkylation sites (tertiary alicyclic amines) is 1. The molecule has 3 nitrogen and oxygen atoms in total. The van der Waals surface area contributed by atoms with E-state index in [1.54, 1.807) is 0 Å². The SMILES string of the molecule is N[C@@H]1CCN(C(=O)c2ccc3c(c2)CCC3)C1. The van der Waals surface area contributed by atoms with Crippen LogP contribution >= 0.6 is 0 Å². The summed E-state index contributed by atoms with van der Waals surface area (Å²) < 4.78 is 0. The molecule has 0 spiro atoms. The van der Waals surface area contributed by atoms with E-state index in [0.717, 1.165) is 24.9 Å². The van der Waals surface area contributed by atoms with Gasteiger partial charge in [0, 0.05) is 24.7 Å². The molecule has 1 aliphatic heterocycles. The van der Waals surface area contributed by atoms with E-state index in [2.05, 4.69) is 12.1 Å². The fourth-order valence-corrected chi connectivity index (χ4v) is 2.86. The Balaban J connectivity index is 1.82. The zero-order valence-corrected chi connectivity index (χ0v) is 9.98. The summed E-state index contributed by atoms with van der Waals surface area (Å²) >= 11 is 0. The van der Waals surface area contributed by atoms with Gasteiger partial charge in [-0.3, -0.25) is 4.79 Å². The van der Waals surface area contributed by atoms with E-state index in [-0.39, 0.29) is 11.9 Å². The van der Waals surface area contributed by atoms with E-state index >= 15 is 0 Å². The van der Waals surface area contributed by atoms with Crippen LogP contribution in [0.2, 0.25) is 0 Å². The molecule has 1 aliphatic carbocycles. The Morgan fingerprint density at radius 1 is 1.29 bits per heavy atom. The van der Waals surface area contributed by atoms with Gasteiger partial charge in [0.2, 0.25) is 0 Å². The molecule has 2 N–H and O–H groups in total. The number of fused-ring (bicyclic) bond motifs is 1. The summed E-state index contributed by atoms with van der Waals surface area (Å²) in [4.78, 5) is 14.1. The van der Waals surface area contributed by atoms with E-state index in [4.69, 9.17) is 5.73 Å². The van der Waals surface area contributed by atoms with Crippen molar-refractivity contribution in [3.63, 3.8) is 0 Å². The van der Waals surface area contributed by atoms with Crippen molar-refractivity contribution >= 4 is 5.91 Å². The van der Waals surface area contributed by atoms with Gasteiger partial charge in [0.05, 0.1) is 0 Å². The van der Waals surface area contributed by atoms with Gasteiger partial charge < -0.3 is 10.6 Å². The van der Waals surface area contributed by atoms with Crippen molar-refractivity contribution in [3.8, 4) is 0 Å². The zero-order chi connectivity index (χ0) is 11.8. The largest absolute Gasteiger partial charge is 0.337 e. The third kappa shape index (κ3) is 1.95. The van der Waals surface area contributed by atoms with Crippen molar-refractivity contribution < 1.29 is 4.79 Å². The molecule has 1 aromatic carbocycles. The quantitative estimate of drug-likeness (QED) is 0.791. The van der Waals surface area contributed by atoms with Gasteiger partial charge in [-0.2, -0.15) is 0 Å². The molecule has 1 saturated heterocycles. The molecule has 0 unspecified atom stereocenters. The number of aryl methyl sites for hydroxylation is 2. The van der Waals surface area contributed by atoms with Crippen LogP contribution in [0.25, 0.3) is 0 Å². The summed E-state index contributed by atoms with van der Waals surface area (Å²) in [6.45, 7) is 1.51. The minimum absolute atomic E-state index is 0.146. The Morgan fingerprint density at radius 2 is 2.12 bits per heavy atom. The maximum atomic E-state index is 12.3. The Labute approximate surface area is 102 Å². The normalized spacial score (nSPS) is 22.9. The second kappa shape index (κ2) is 4.15. The number of hydrogen-bond donors (Lipinski definition) is 1. The molecule has 2 aliphatic rings. The Kier molecular flexibility index (Phi) is 2.63. The molecule has 1 aromatic rings. The summed E-state index contributed by atoms with van der Waals surface area (Å²) in [7, 11) is 0. The fraction of sp³-hybridized carbons (Fsp3) is 0.500. The third-order valence-corrected chi connectivity index (χ3v) is 3.86. The van der Waals surface area contributed by atoms with Gasteiger partial charge in [0.25, 0.3) is 5.91 Å². The van der Waals surface area contributed by atoms with E-state index < -0.39 is 0 Å². The van der Waals surface area contributed by atoms with Crippen molar-refractivity contribution in [2.24, 2.45) is 5.73 Å². The molecule has 17 heavy (non-hydrogen) atoms. The van der Waals surface area contributed by atoms with Crippen molar-refractivity contribution in [1.82, 2.24) is 4.90 Å². The number of carbonyl (C=O) groups excluding carboxylic acids is 1. The van der Waals surface area contributed by atoms with E-state index in [1.165, 1.54) is 24.0 Å². The second-order valence-electron chi connectivity index (χ2n) is 5.14. The molecule has 0 aromatic heterocycles. The summed E-state index contributed by atoms with van der Waals surface area (Å²) in [6, 6.07) is 6.32. The van der Waals surface area contributed by atoms with Gasteiger partial charge in [-0.15, -0.1) is 0 Å². The molecule has 90 valence electrons. The van der Waals surface area contributed by atoms with E-state index in [9.17, 15) is 4.79 Å². The fourth-order valence-electron chi connectivity index (χ4n) is 2.86. The molecule has 1 amide bonds. The maximum Gasteiger partial charge on any atom is 0.253 e. The predicted octanol–water partition coefficient (Wildman–Crippen LogP) is 1.35. The number of rotatable bonds is 1. The summed E-state index contributed by atoms with van der Waals surface area (Å²) in [6.07, 6.45) is 4.44. The first-order chi connectivity index (χ1) is 8.24. The highest BCUT2D eigenvalue weighted by Gasteiger charge is 2.25. The number of carbonyl (C=O) groups is 1. The monoisotopic (exact) mass is 230 g/mol. The van der Waals surface area contributed by atoms with Crippen LogP contribution < -0.4 is 5.73 Å². The highest BCUT2D eigenvalue weighted by molar-refractivity contribution is 5.94. The van der Waals surface area contributed by atoms with Crippen LogP contribution in [0.4, 0.5) is 0 Å². The second-order valence-corrected chi connectivity index (χ2v) is 5.14. The average Bonchev–Trinajstić information content (AvgIpc) is 2.95. The number of hydrogen-bond acceptors (Lipinski definition) is 2. The van der Waals surface area contributed by atoms with Crippen molar-refractivity contribution in [3.05, 3.63) is 34.9 Å². The van der Waals surface area contributed by atoms with Crippen molar-refractivity contribution in [1.29, 1.82) is 0 Å². The molecule has 3 rings (SSSR count). The lowest BCUT2D eigenvalue weighted by molar-refractivity contribution is 0.0791. The summed E-state index contributed by atoms with van der Waals surface area (Å²) in [5, 5.41) is 0. The molecule has 0 bridgehead atoms. The lowest BCUT2D eigenvalue weighted by Gasteiger charge is -2.16. The molecule has 3 heteroatoms. The van der Waals surface area contributed by atoms with Crippen molar-refractivity contribution in [2.75, 3.05) is 13.1 Å². The molecule has 1 fully saturated rings. The van der Waals surface area contributed by atoms with Crippen LogP contribution in [-0.2, 0) is 12.8 Å². The van der Waals surface area contributed by atoms with E-state index in [0.29, 0.717) is 6.54 Å². The number of amides is 1. The minimum Gasteiger partial charge on any atom is -0.337 e. The van der Waals surface area contributed by atoms with Crippen LogP contribution in [0.5, 0.6) is 0 Å². The van der Waals surface area contributed by atoms with Gasteiger partial charge in [0.1, 0.15) is 0 Å². The Hall–Kier alpha value is -1.35. The Bertz CT molecular complexity index is 456. The van der Waals surface area contributed by atoms with Gasteiger partial charge in [-0.1, -0.05) is 6.07 Å². The Morgan fingerprint density at radius 3 is 2.88 bits per heavy atom. The lowest BCUT2D eigenvalue weighted by Crippen LogP contribution is -2.31. The van der Waals surface area contributed by atoms with Crippen LogP contribution in [0.3, 0.4) is 0 Å². The highest BCUT2D eigenvalue weighted by atomic mass is 16.2. The van der Waals surface area contributed by atoms with Gasteiger partial charge in [0.15, 0.2) is 0 Å². The maximum absolute atomic E-state index is 12.3. The third-order valence-electron chi connectivity index (χ3n) is 3.86. The summed E-state index contributed by atoms with van der Waals surface area (Å²) in [5.41, 5.74) is 9.45. The zero-order valence-electron chi connectivity index (χ0n) is 9.98. The standard InChI is InChI=1S/C14H18N2O/c15-13-6-7-16(9-13)14(17)12-5-4-10-2-1-3-11(10)8-12/h4-5,8,13H,1-3,6-7,9,15H2/t13-/m1/s1. The van der Waals surface area contributed by atoms with Gasteiger partial charge in [-0.25, -0.2) is 0 Å². The van der Waals surface area contributed by atoms with Crippen LogP contribution in [0.1, 0.15) is 34.3 Å². The van der Waals surface area contributed by atoms with Crippen molar-refractivity contribution in [2.45, 2.75) is 31.7 Å². The molecule has 1 heterocycles. The van der Waals surface area contributed by atoms with Gasteiger partial charge >= 0.3 is 0 Å². The molecule has 1 atom stereocenters.